The molecule has 2 rings (SSSR count). The van der Waals surface area contributed by atoms with E-state index in [1.165, 1.54) is 0 Å². The van der Waals surface area contributed by atoms with E-state index in [1.54, 1.807) is 24.3 Å². The van der Waals surface area contributed by atoms with Gasteiger partial charge in [0.25, 0.3) is 0 Å². The maximum absolute atomic E-state index is 11.6. The van der Waals surface area contributed by atoms with Crippen molar-refractivity contribution >= 4 is 22.0 Å². The summed E-state index contributed by atoms with van der Waals surface area (Å²) in [4.78, 5) is 11.6. The molecule has 0 aliphatic carbocycles. The largest absolute Gasteiger partial charge is 0.445 e. The van der Waals surface area contributed by atoms with Gasteiger partial charge in [0.15, 0.2) is 0 Å². The van der Waals surface area contributed by atoms with Crippen molar-refractivity contribution in [2.45, 2.75) is 25.2 Å². The van der Waals surface area contributed by atoms with E-state index in [2.05, 4.69) is 21.2 Å². The lowest BCUT2D eigenvalue weighted by Crippen LogP contribution is -2.29. The molecule has 2 aromatic rings. The number of halogens is 1. The van der Waals surface area contributed by atoms with Crippen LogP contribution in [0.3, 0.4) is 0 Å². The number of alkyl carbamates (subject to hydrolysis) is 1. The van der Waals surface area contributed by atoms with Gasteiger partial charge in [0.1, 0.15) is 12.7 Å². The Labute approximate surface area is 149 Å². The lowest BCUT2D eigenvalue weighted by Gasteiger charge is -2.18. The first-order valence-electron chi connectivity index (χ1n) is 7.62. The Morgan fingerprint density at radius 3 is 2.42 bits per heavy atom. The molecule has 0 heterocycles. The second-order valence-electron chi connectivity index (χ2n) is 5.34. The highest BCUT2D eigenvalue weighted by molar-refractivity contribution is 9.10. The molecule has 0 bridgehead atoms. The minimum Gasteiger partial charge on any atom is -0.445 e. The summed E-state index contributed by atoms with van der Waals surface area (Å²) < 4.78 is 5.97. The standard InChI is InChI=1S/C18H20BrNO4/c19-15-8-6-14(7-9-15)17(22)16(21)10-11-20-18(23)24-12-13-4-2-1-3-5-13/h1-9,16-17,21-22H,10-12H2,(H,20,23). The van der Waals surface area contributed by atoms with Gasteiger partial charge in [-0.3, -0.25) is 0 Å². The highest BCUT2D eigenvalue weighted by atomic mass is 79.9. The van der Waals surface area contributed by atoms with Gasteiger partial charge in [-0.2, -0.15) is 0 Å². The number of rotatable bonds is 7. The molecule has 0 aromatic heterocycles. The summed E-state index contributed by atoms with van der Waals surface area (Å²) in [6.45, 7) is 0.402. The average Bonchev–Trinajstić information content (AvgIpc) is 2.61. The van der Waals surface area contributed by atoms with Crippen LogP contribution >= 0.6 is 15.9 Å². The number of hydrogen-bond acceptors (Lipinski definition) is 4. The fourth-order valence-electron chi connectivity index (χ4n) is 2.14. The summed E-state index contributed by atoms with van der Waals surface area (Å²) in [6.07, 6.45) is -2.30. The molecule has 0 fully saturated rings. The molecule has 0 aliphatic heterocycles. The number of aliphatic hydroxyl groups excluding tert-OH is 2. The van der Waals surface area contributed by atoms with E-state index in [4.69, 9.17) is 4.74 Å². The summed E-state index contributed by atoms with van der Waals surface area (Å²) in [6, 6.07) is 16.4. The maximum atomic E-state index is 11.6. The van der Waals surface area contributed by atoms with Gasteiger partial charge < -0.3 is 20.3 Å². The van der Waals surface area contributed by atoms with E-state index < -0.39 is 18.3 Å². The van der Waals surface area contributed by atoms with Crippen LogP contribution in [0, 0.1) is 0 Å². The van der Waals surface area contributed by atoms with Crippen molar-refractivity contribution in [3.63, 3.8) is 0 Å². The average molecular weight is 394 g/mol. The van der Waals surface area contributed by atoms with E-state index in [-0.39, 0.29) is 19.6 Å². The third kappa shape index (κ3) is 5.96. The molecule has 128 valence electrons. The number of carbonyl (C=O) groups is 1. The molecule has 6 heteroatoms. The zero-order valence-corrected chi connectivity index (χ0v) is 14.6. The van der Waals surface area contributed by atoms with Crippen molar-refractivity contribution in [3.05, 3.63) is 70.2 Å². The minimum atomic E-state index is -1.000. The third-order valence-electron chi connectivity index (χ3n) is 3.50. The monoisotopic (exact) mass is 393 g/mol. The zero-order valence-electron chi connectivity index (χ0n) is 13.1. The van der Waals surface area contributed by atoms with Gasteiger partial charge in [-0.05, 0) is 29.7 Å². The molecule has 2 aromatic carbocycles. The maximum Gasteiger partial charge on any atom is 0.407 e. The molecule has 0 spiro atoms. The van der Waals surface area contributed by atoms with E-state index in [0.29, 0.717) is 5.56 Å². The van der Waals surface area contributed by atoms with Gasteiger partial charge in [-0.1, -0.05) is 58.4 Å². The fraction of sp³-hybridized carbons (Fsp3) is 0.278. The van der Waals surface area contributed by atoms with Crippen LogP contribution < -0.4 is 5.32 Å². The molecule has 3 N–H and O–H groups in total. The van der Waals surface area contributed by atoms with Crippen molar-refractivity contribution in [2.24, 2.45) is 0 Å². The number of hydrogen-bond donors (Lipinski definition) is 3. The number of benzene rings is 2. The van der Waals surface area contributed by atoms with Crippen LogP contribution in [0.15, 0.2) is 59.1 Å². The zero-order chi connectivity index (χ0) is 17.4. The molecule has 0 radical (unpaired) electrons. The van der Waals surface area contributed by atoms with Crippen molar-refractivity contribution in [3.8, 4) is 0 Å². The lowest BCUT2D eigenvalue weighted by atomic mass is 10.0. The van der Waals surface area contributed by atoms with E-state index >= 15 is 0 Å². The molecular formula is C18H20BrNO4. The van der Waals surface area contributed by atoms with Gasteiger partial charge in [0.2, 0.25) is 0 Å². The van der Waals surface area contributed by atoms with Gasteiger partial charge in [-0.25, -0.2) is 4.79 Å². The van der Waals surface area contributed by atoms with Crippen LogP contribution in [0.1, 0.15) is 23.7 Å². The lowest BCUT2D eigenvalue weighted by molar-refractivity contribution is 0.0136. The van der Waals surface area contributed by atoms with Crippen molar-refractivity contribution in [1.82, 2.24) is 5.32 Å². The number of nitrogens with one attached hydrogen (secondary N) is 1. The molecular weight excluding hydrogens is 374 g/mol. The Morgan fingerprint density at radius 2 is 1.75 bits per heavy atom. The third-order valence-corrected chi connectivity index (χ3v) is 4.03. The second-order valence-corrected chi connectivity index (χ2v) is 6.26. The van der Waals surface area contributed by atoms with Gasteiger partial charge in [0.05, 0.1) is 6.10 Å². The Bertz CT molecular complexity index is 633. The predicted octanol–water partition coefficient (Wildman–Crippen LogP) is 3.16. The first-order valence-corrected chi connectivity index (χ1v) is 8.41. The van der Waals surface area contributed by atoms with Gasteiger partial charge >= 0.3 is 6.09 Å². The van der Waals surface area contributed by atoms with Crippen LogP contribution in [-0.2, 0) is 11.3 Å². The molecule has 24 heavy (non-hydrogen) atoms. The second kappa shape index (κ2) is 9.42. The van der Waals surface area contributed by atoms with Gasteiger partial charge in [-0.15, -0.1) is 0 Å². The quantitative estimate of drug-likeness (QED) is 0.674. The summed E-state index contributed by atoms with van der Waals surface area (Å²) in [5, 5.41) is 22.7. The first-order chi connectivity index (χ1) is 11.6. The number of aliphatic hydroxyl groups is 2. The summed E-state index contributed by atoms with van der Waals surface area (Å²) in [5.74, 6) is 0. The molecule has 2 unspecified atom stereocenters. The molecule has 5 nitrogen and oxygen atoms in total. The topological polar surface area (TPSA) is 78.8 Å². The van der Waals surface area contributed by atoms with Crippen molar-refractivity contribution in [1.29, 1.82) is 0 Å². The molecule has 0 aliphatic rings. The highest BCUT2D eigenvalue weighted by Crippen LogP contribution is 2.20. The van der Waals surface area contributed by atoms with Gasteiger partial charge in [0, 0.05) is 11.0 Å². The Kier molecular flexibility index (Phi) is 7.24. The predicted molar refractivity (Wildman–Crippen MR) is 94.4 cm³/mol. The van der Waals surface area contributed by atoms with Crippen LogP contribution in [0.4, 0.5) is 4.79 Å². The number of ether oxygens (including phenoxy) is 1. The smallest absolute Gasteiger partial charge is 0.407 e. The van der Waals surface area contributed by atoms with E-state index in [1.807, 2.05) is 30.3 Å². The van der Waals surface area contributed by atoms with E-state index in [9.17, 15) is 15.0 Å². The minimum absolute atomic E-state index is 0.191. The summed E-state index contributed by atoms with van der Waals surface area (Å²) >= 11 is 3.32. The molecule has 2 atom stereocenters. The van der Waals surface area contributed by atoms with Crippen LogP contribution in [0.5, 0.6) is 0 Å². The van der Waals surface area contributed by atoms with Crippen molar-refractivity contribution in [2.75, 3.05) is 6.54 Å². The fourth-order valence-corrected chi connectivity index (χ4v) is 2.40. The highest BCUT2D eigenvalue weighted by Gasteiger charge is 2.18. The molecule has 0 saturated carbocycles. The summed E-state index contributed by atoms with van der Waals surface area (Å²) in [5.41, 5.74) is 1.52. The van der Waals surface area contributed by atoms with Crippen LogP contribution in [0.2, 0.25) is 0 Å². The Balaban J connectivity index is 1.68. The van der Waals surface area contributed by atoms with Crippen LogP contribution in [0.25, 0.3) is 0 Å². The Morgan fingerprint density at radius 1 is 1.08 bits per heavy atom. The first kappa shape index (κ1) is 18.4. The summed E-state index contributed by atoms with van der Waals surface area (Å²) in [7, 11) is 0. The number of carbonyl (C=O) groups excluding carboxylic acids is 1. The Hall–Kier alpha value is -1.89. The van der Waals surface area contributed by atoms with Crippen molar-refractivity contribution < 1.29 is 19.7 Å². The normalized spacial score (nSPS) is 13.1. The SMILES string of the molecule is O=C(NCCC(O)C(O)c1ccc(Br)cc1)OCc1ccccc1. The van der Waals surface area contributed by atoms with E-state index in [0.717, 1.165) is 10.0 Å². The van der Waals surface area contributed by atoms with Crippen LogP contribution in [-0.4, -0.2) is 29.0 Å². The molecule has 0 saturated heterocycles. The molecule has 1 amide bonds. The number of amides is 1.